The molecule has 0 radical (unpaired) electrons. The minimum atomic E-state index is -0.215. The fourth-order valence-corrected chi connectivity index (χ4v) is 3.65. The van der Waals surface area contributed by atoms with Crippen molar-refractivity contribution in [3.63, 3.8) is 0 Å². The van der Waals surface area contributed by atoms with Crippen molar-refractivity contribution in [3.8, 4) is 0 Å². The smallest absolute Gasteiger partial charge is 0.191 e. The Bertz CT molecular complexity index is 773. The zero-order valence-corrected chi connectivity index (χ0v) is 16.2. The van der Waals surface area contributed by atoms with Gasteiger partial charge < -0.3 is 15.4 Å². The summed E-state index contributed by atoms with van der Waals surface area (Å²) in [6.45, 7) is 2.74. The summed E-state index contributed by atoms with van der Waals surface area (Å²) in [5.41, 5.74) is 2.12. The van der Waals surface area contributed by atoms with Crippen molar-refractivity contribution in [3.05, 3.63) is 70.5 Å². The van der Waals surface area contributed by atoms with Gasteiger partial charge >= 0.3 is 0 Å². The zero-order valence-electron chi connectivity index (χ0n) is 15.5. The first-order valence-corrected chi connectivity index (χ1v) is 9.52. The molecule has 1 saturated heterocycles. The van der Waals surface area contributed by atoms with E-state index in [-0.39, 0.29) is 11.2 Å². The van der Waals surface area contributed by atoms with Crippen LogP contribution in [0, 0.1) is 5.82 Å². The summed E-state index contributed by atoms with van der Waals surface area (Å²) in [4.78, 5) is 4.32. The Morgan fingerprint density at radius 1 is 1.15 bits per heavy atom. The van der Waals surface area contributed by atoms with Crippen LogP contribution in [0.25, 0.3) is 0 Å². The Labute approximate surface area is 164 Å². The van der Waals surface area contributed by atoms with Crippen molar-refractivity contribution in [1.29, 1.82) is 0 Å². The van der Waals surface area contributed by atoms with Gasteiger partial charge in [0.25, 0.3) is 0 Å². The second-order valence-electron chi connectivity index (χ2n) is 6.81. The number of halogens is 2. The number of benzene rings is 2. The average Bonchev–Trinajstić information content (AvgIpc) is 2.69. The van der Waals surface area contributed by atoms with Gasteiger partial charge in [0, 0.05) is 43.8 Å². The number of ether oxygens (including phenoxy) is 1. The molecule has 4 nitrogen and oxygen atoms in total. The molecule has 1 aliphatic heterocycles. The van der Waals surface area contributed by atoms with Crippen molar-refractivity contribution in [2.24, 2.45) is 4.99 Å². The van der Waals surface area contributed by atoms with Crippen LogP contribution in [-0.2, 0) is 16.7 Å². The van der Waals surface area contributed by atoms with E-state index in [1.807, 2.05) is 36.4 Å². The van der Waals surface area contributed by atoms with Gasteiger partial charge in [-0.15, -0.1) is 0 Å². The molecule has 3 rings (SSSR count). The molecule has 0 spiro atoms. The van der Waals surface area contributed by atoms with Crippen LogP contribution in [0.1, 0.15) is 24.0 Å². The van der Waals surface area contributed by atoms with Gasteiger partial charge in [-0.05, 0) is 48.2 Å². The maximum absolute atomic E-state index is 13.4. The quantitative estimate of drug-likeness (QED) is 0.602. The van der Waals surface area contributed by atoms with Crippen molar-refractivity contribution in [1.82, 2.24) is 10.6 Å². The van der Waals surface area contributed by atoms with Crippen LogP contribution in [0.5, 0.6) is 0 Å². The average molecular weight is 390 g/mol. The maximum Gasteiger partial charge on any atom is 0.191 e. The number of aliphatic imine (C=N–C) groups is 1. The third kappa shape index (κ3) is 5.21. The number of nitrogens with one attached hydrogen (secondary N) is 2. The zero-order chi connectivity index (χ0) is 19.1. The molecule has 2 aromatic carbocycles. The van der Waals surface area contributed by atoms with Crippen LogP contribution < -0.4 is 10.6 Å². The minimum absolute atomic E-state index is 0.0976. The minimum Gasteiger partial charge on any atom is -0.381 e. The molecule has 0 amide bonds. The summed E-state index contributed by atoms with van der Waals surface area (Å²) in [5, 5.41) is 7.47. The number of guanidine groups is 1. The van der Waals surface area contributed by atoms with Gasteiger partial charge in [0.15, 0.2) is 5.96 Å². The fraction of sp³-hybridized carbons (Fsp3) is 0.381. The lowest BCUT2D eigenvalue weighted by Gasteiger charge is -2.38. The maximum atomic E-state index is 13.4. The Kier molecular flexibility index (Phi) is 6.69. The van der Waals surface area contributed by atoms with Gasteiger partial charge in [0.1, 0.15) is 5.82 Å². The SMILES string of the molecule is CN=C(NCc1cccc(Cl)c1)NCC1(c2ccc(F)cc2)CCOCC1. The predicted octanol–water partition coefficient (Wildman–Crippen LogP) is 3.89. The lowest BCUT2D eigenvalue weighted by atomic mass is 9.74. The fourth-order valence-electron chi connectivity index (χ4n) is 3.44. The summed E-state index contributed by atoms with van der Waals surface area (Å²) >= 11 is 6.04. The molecule has 0 bridgehead atoms. The first-order chi connectivity index (χ1) is 13.1. The molecule has 1 fully saturated rings. The predicted molar refractivity (Wildman–Crippen MR) is 108 cm³/mol. The number of hydrogen-bond acceptors (Lipinski definition) is 2. The molecule has 1 heterocycles. The third-order valence-electron chi connectivity index (χ3n) is 5.07. The normalized spacial score (nSPS) is 16.8. The molecule has 2 aromatic rings. The van der Waals surface area contributed by atoms with Gasteiger partial charge in [0.2, 0.25) is 0 Å². The van der Waals surface area contributed by atoms with Crippen LogP contribution in [0.2, 0.25) is 5.02 Å². The van der Waals surface area contributed by atoms with Crippen molar-refractivity contribution in [2.75, 3.05) is 26.8 Å². The Hall–Kier alpha value is -2.11. The summed E-state index contributed by atoms with van der Waals surface area (Å²) in [6.07, 6.45) is 1.77. The van der Waals surface area contributed by atoms with E-state index in [0.717, 1.165) is 35.0 Å². The van der Waals surface area contributed by atoms with Crippen LogP contribution in [-0.4, -0.2) is 32.8 Å². The summed E-state index contributed by atoms with van der Waals surface area (Å²) < 4.78 is 18.9. The van der Waals surface area contributed by atoms with Gasteiger partial charge in [-0.1, -0.05) is 35.9 Å². The van der Waals surface area contributed by atoms with E-state index < -0.39 is 0 Å². The number of hydrogen-bond donors (Lipinski definition) is 2. The topological polar surface area (TPSA) is 45.7 Å². The molecule has 0 aromatic heterocycles. The van der Waals surface area contributed by atoms with Crippen LogP contribution in [0.4, 0.5) is 4.39 Å². The van der Waals surface area contributed by atoms with E-state index in [1.54, 1.807) is 7.05 Å². The first-order valence-electron chi connectivity index (χ1n) is 9.14. The van der Waals surface area contributed by atoms with Crippen molar-refractivity contribution in [2.45, 2.75) is 24.8 Å². The lowest BCUT2D eigenvalue weighted by Crippen LogP contribution is -2.47. The van der Waals surface area contributed by atoms with E-state index in [4.69, 9.17) is 16.3 Å². The highest BCUT2D eigenvalue weighted by Crippen LogP contribution is 2.34. The van der Waals surface area contributed by atoms with Gasteiger partial charge in [-0.2, -0.15) is 0 Å². The van der Waals surface area contributed by atoms with E-state index in [2.05, 4.69) is 15.6 Å². The lowest BCUT2D eigenvalue weighted by molar-refractivity contribution is 0.0513. The Morgan fingerprint density at radius 3 is 2.56 bits per heavy atom. The molecule has 1 aliphatic rings. The molecule has 0 atom stereocenters. The Balaban J connectivity index is 1.65. The highest BCUT2D eigenvalue weighted by atomic mass is 35.5. The molecule has 0 aliphatic carbocycles. The van der Waals surface area contributed by atoms with Crippen molar-refractivity contribution >= 4 is 17.6 Å². The molecular weight excluding hydrogens is 365 g/mol. The highest BCUT2D eigenvalue weighted by molar-refractivity contribution is 6.30. The number of rotatable bonds is 5. The van der Waals surface area contributed by atoms with Crippen LogP contribution >= 0.6 is 11.6 Å². The molecule has 0 saturated carbocycles. The molecular formula is C21H25ClFN3O. The molecule has 144 valence electrons. The van der Waals surface area contributed by atoms with Gasteiger partial charge in [0.05, 0.1) is 0 Å². The highest BCUT2D eigenvalue weighted by Gasteiger charge is 2.34. The summed E-state index contributed by atoms with van der Waals surface area (Å²) in [5.74, 6) is 0.510. The second kappa shape index (κ2) is 9.20. The first kappa shape index (κ1) is 19.6. The van der Waals surface area contributed by atoms with E-state index in [1.165, 1.54) is 12.1 Å². The summed E-state index contributed by atoms with van der Waals surface area (Å²) in [7, 11) is 1.75. The van der Waals surface area contributed by atoms with E-state index >= 15 is 0 Å². The second-order valence-corrected chi connectivity index (χ2v) is 7.25. The van der Waals surface area contributed by atoms with Crippen LogP contribution in [0.15, 0.2) is 53.5 Å². The molecule has 0 unspecified atom stereocenters. The van der Waals surface area contributed by atoms with Crippen molar-refractivity contribution < 1.29 is 9.13 Å². The Morgan fingerprint density at radius 2 is 1.89 bits per heavy atom. The van der Waals surface area contributed by atoms with E-state index in [9.17, 15) is 4.39 Å². The third-order valence-corrected chi connectivity index (χ3v) is 5.31. The standard InChI is InChI=1S/C21H25ClFN3O/c1-24-20(25-14-16-3-2-4-18(22)13-16)26-15-21(9-11-27-12-10-21)17-5-7-19(23)8-6-17/h2-8,13H,9-12,14-15H2,1H3,(H2,24,25,26). The van der Waals surface area contributed by atoms with E-state index in [0.29, 0.717) is 26.3 Å². The van der Waals surface area contributed by atoms with Gasteiger partial charge in [-0.25, -0.2) is 4.39 Å². The van der Waals surface area contributed by atoms with Gasteiger partial charge in [-0.3, -0.25) is 4.99 Å². The monoisotopic (exact) mass is 389 g/mol. The molecule has 6 heteroatoms. The molecule has 2 N–H and O–H groups in total. The summed E-state index contributed by atoms with van der Waals surface area (Å²) in [6, 6.07) is 14.5. The largest absolute Gasteiger partial charge is 0.381 e. The molecule has 27 heavy (non-hydrogen) atoms. The number of nitrogens with zero attached hydrogens (tertiary/aromatic N) is 1. The van der Waals surface area contributed by atoms with Crippen LogP contribution in [0.3, 0.4) is 0 Å².